The van der Waals surface area contributed by atoms with Crippen LogP contribution in [0.2, 0.25) is 0 Å². The Bertz CT molecular complexity index is 712. The number of carbonyl (C=O) groups excluding carboxylic acids is 1. The molecule has 3 rings (SSSR count). The summed E-state index contributed by atoms with van der Waals surface area (Å²) >= 11 is 0. The van der Waals surface area contributed by atoms with Crippen LogP contribution in [0.1, 0.15) is 25.3 Å². The van der Waals surface area contributed by atoms with Gasteiger partial charge in [-0.05, 0) is 36.8 Å². The summed E-state index contributed by atoms with van der Waals surface area (Å²) in [4.78, 5) is 12.2. The number of methoxy groups -OCH3 is 1. The number of hydrogen-bond acceptors (Lipinski definition) is 4. The summed E-state index contributed by atoms with van der Waals surface area (Å²) in [6.45, 7) is 5.86. The van der Waals surface area contributed by atoms with Gasteiger partial charge in [-0.2, -0.15) is 0 Å². The molecule has 1 aromatic rings. The van der Waals surface area contributed by atoms with Crippen molar-refractivity contribution in [2.75, 3.05) is 13.9 Å². The van der Waals surface area contributed by atoms with Crippen molar-refractivity contribution >= 4 is 5.78 Å². The molecule has 1 aromatic carbocycles. The highest BCUT2D eigenvalue weighted by molar-refractivity contribution is 5.93. The van der Waals surface area contributed by atoms with Crippen molar-refractivity contribution < 1.29 is 23.4 Å². The molecule has 0 saturated carbocycles. The summed E-state index contributed by atoms with van der Waals surface area (Å²) in [5, 5.41) is 0. The van der Waals surface area contributed by atoms with Gasteiger partial charge in [-0.1, -0.05) is 19.1 Å². The minimum absolute atomic E-state index is 0.0406. The van der Waals surface area contributed by atoms with Crippen LogP contribution in [-0.4, -0.2) is 25.3 Å². The molecule has 0 spiro atoms. The zero-order chi connectivity index (χ0) is 18.0. The van der Waals surface area contributed by atoms with E-state index in [0.29, 0.717) is 36.3 Å². The number of fused-ring (bicyclic) bond motifs is 1. The lowest BCUT2D eigenvalue weighted by atomic mass is 9.71. The van der Waals surface area contributed by atoms with Gasteiger partial charge in [-0.25, -0.2) is 4.39 Å². The van der Waals surface area contributed by atoms with Crippen molar-refractivity contribution in [2.45, 2.75) is 31.8 Å². The normalized spacial score (nSPS) is 26.4. The van der Waals surface area contributed by atoms with E-state index in [0.717, 1.165) is 0 Å². The third-order valence-corrected chi connectivity index (χ3v) is 5.21. The Morgan fingerprint density at radius 3 is 3.00 bits per heavy atom. The third kappa shape index (κ3) is 3.21. The largest absolute Gasteiger partial charge is 0.497 e. The molecule has 134 valence electrons. The molecule has 3 atom stereocenters. The molecular formula is C20H23FO4. The Labute approximate surface area is 147 Å². The Kier molecular flexibility index (Phi) is 4.95. The summed E-state index contributed by atoms with van der Waals surface area (Å²) < 4.78 is 30.9. The SMILES string of the molecule is C=CC[C@H]1C[C@]2(C(C)Cc3ccc(OC)cc3F)OCOC2=CC1=O. The molecule has 1 saturated heterocycles. The fourth-order valence-electron chi connectivity index (χ4n) is 3.73. The molecule has 25 heavy (non-hydrogen) atoms. The van der Waals surface area contributed by atoms with Crippen LogP contribution in [-0.2, 0) is 20.7 Å². The lowest BCUT2D eigenvalue weighted by Gasteiger charge is -2.38. The van der Waals surface area contributed by atoms with Crippen LogP contribution in [0, 0.1) is 17.7 Å². The summed E-state index contributed by atoms with van der Waals surface area (Å²) in [5.41, 5.74) is -0.0942. The van der Waals surface area contributed by atoms with E-state index >= 15 is 0 Å². The first-order chi connectivity index (χ1) is 12.0. The average Bonchev–Trinajstić information content (AvgIpc) is 3.01. The van der Waals surface area contributed by atoms with Crippen molar-refractivity contribution in [1.29, 1.82) is 0 Å². The van der Waals surface area contributed by atoms with E-state index in [1.165, 1.54) is 13.2 Å². The van der Waals surface area contributed by atoms with E-state index in [4.69, 9.17) is 14.2 Å². The Hall–Kier alpha value is -2.14. The number of ether oxygens (including phenoxy) is 3. The molecule has 0 aromatic heterocycles. The number of rotatable bonds is 6. The number of hydrogen-bond donors (Lipinski definition) is 0. The molecule has 4 nitrogen and oxygen atoms in total. The Balaban J connectivity index is 1.86. The lowest BCUT2D eigenvalue weighted by Crippen LogP contribution is -2.45. The summed E-state index contributed by atoms with van der Waals surface area (Å²) in [5.74, 6) is 0.567. The fraction of sp³-hybridized carbons (Fsp3) is 0.450. The van der Waals surface area contributed by atoms with E-state index in [9.17, 15) is 9.18 Å². The number of halogens is 1. The molecule has 1 unspecified atom stereocenters. The Morgan fingerprint density at radius 2 is 2.32 bits per heavy atom. The number of ketones is 1. The monoisotopic (exact) mass is 346 g/mol. The van der Waals surface area contributed by atoms with Crippen molar-refractivity contribution in [2.24, 2.45) is 11.8 Å². The van der Waals surface area contributed by atoms with E-state index in [-0.39, 0.29) is 30.2 Å². The lowest BCUT2D eigenvalue weighted by molar-refractivity contribution is -0.123. The van der Waals surface area contributed by atoms with Crippen LogP contribution in [0.3, 0.4) is 0 Å². The van der Waals surface area contributed by atoms with E-state index < -0.39 is 5.60 Å². The maximum atomic E-state index is 14.3. The van der Waals surface area contributed by atoms with Crippen molar-refractivity contribution in [3.63, 3.8) is 0 Å². The van der Waals surface area contributed by atoms with Crippen LogP contribution in [0.25, 0.3) is 0 Å². The van der Waals surface area contributed by atoms with Gasteiger partial charge in [0.2, 0.25) is 0 Å². The highest BCUT2D eigenvalue weighted by Gasteiger charge is 2.51. The van der Waals surface area contributed by atoms with Gasteiger partial charge in [0.15, 0.2) is 12.6 Å². The van der Waals surface area contributed by atoms with Crippen LogP contribution in [0.5, 0.6) is 5.75 Å². The maximum absolute atomic E-state index is 14.3. The standard InChI is InChI=1S/C20H23FO4/c1-4-5-15-11-20(19(10-18(15)22)24-12-25-20)13(2)8-14-6-7-16(23-3)9-17(14)21/h4,6-7,9-10,13,15H,1,5,8,11-12H2,2-3H3/t13?,15-,20+/m0/s1. The molecular weight excluding hydrogens is 323 g/mol. The molecule has 5 heteroatoms. The molecule has 1 fully saturated rings. The number of benzene rings is 1. The zero-order valence-electron chi connectivity index (χ0n) is 14.6. The predicted octanol–water partition coefficient (Wildman–Crippen LogP) is 3.81. The smallest absolute Gasteiger partial charge is 0.189 e. The predicted molar refractivity (Wildman–Crippen MR) is 91.6 cm³/mol. The van der Waals surface area contributed by atoms with Gasteiger partial charge < -0.3 is 14.2 Å². The quantitative estimate of drug-likeness (QED) is 0.735. The second kappa shape index (κ2) is 7.00. The van der Waals surface area contributed by atoms with Crippen LogP contribution in [0.15, 0.2) is 42.7 Å². The minimum Gasteiger partial charge on any atom is -0.497 e. The molecule has 0 N–H and O–H groups in total. The highest BCUT2D eigenvalue weighted by atomic mass is 19.1. The van der Waals surface area contributed by atoms with E-state index in [1.807, 2.05) is 6.92 Å². The van der Waals surface area contributed by atoms with Gasteiger partial charge in [0.25, 0.3) is 0 Å². The van der Waals surface area contributed by atoms with Crippen LogP contribution < -0.4 is 4.74 Å². The van der Waals surface area contributed by atoms with Crippen molar-refractivity contribution in [3.8, 4) is 5.75 Å². The van der Waals surface area contributed by atoms with Crippen molar-refractivity contribution in [1.82, 2.24) is 0 Å². The van der Waals surface area contributed by atoms with E-state index in [1.54, 1.807) is 24.3 Å². The number of allylic oxidation sites excluding steroid dienone is 2. The summed E-state index contributed by atoms with van der Waals surface area (Å²) in [7, 11) is 1.51. The molecule has 1 heterocycles. The van der Waals surface area contributed by atoms with Crippen LogP contribution in [0.4, 0.5) is 4.39 Å². The van der Waals surface area contributed by atoms with Gasteiger partial charge in [-0.3, -0.25) is 4.79 Å². The molecule has 1 aliphatic heterocycles. The van der Waals surface area contributed by atoms with Gasteiger partial charge in [-0.15, -0.1) is 6.58 Å². The second-order valence-electron chi connectivity index (χ2n) is 6.69. The minimum atomic E-state index is -0.687. The second-order valence-corrected chi connectivity index (χ2v) is 6.69. The summed E-state index contributed by atoms with van der Waals surface area (Å²) in [6, 6.07) is 4.86. The van der Waals surface area contributed by atoms with E-state index in [2.05, 4.69) is 6.58 Å². The first-order valence-corrected chi connectivity index (χ1v) is 8.46. The first kappa shape index (κ1) is 17.7. The highest BCUT2D eigenvalue weighted by Crippen LogP contribution is 2.46. The number of carbonyl (C=O) groups is 1. The topological polar surface area (TPSA) is 44.8 Å². The molecule has 0 amide bonds. The molecule has 1 aliphatic carbocycles. The maximum Gasteiger partial charge on any atom is 0.189 e. The summed E-state index contributed by atoms with van der Waals surface area (Å²) in [6.07, 6.45) is 4.90. The molecule has 0 radical (unpaired) electrons. The molecule has 2 aliphatic rings. The van der Waals surface area contributed by atoms with Crippen LogP contribution >= 0.6 is 0 Å². The van der Waals surface area contributed by atoms with Gasteiger partial charge in [0.1, 0.15) is 22.9 Å². The third-order valence-electron chi connectivity index (χ3n) is 5.21. The Morgan fingerprint density at radius 1 is 1.52 bits per heavy atom. The van der Waals surface area contributed by atoms with Crippen molar-refractivity contribution in [3.05, 3.63) is 54.1 Å². The van der Waals surface area contributed by atoms with Gasteiger partial charge >= 0.3 is 0 Å². The fourth-order valence-corrected chi connectivity index (χ4v) is 3.73. The first-order valence-electron chi connectivity index (χ1n) is 8.46. The average molecular weight is 346 g/mol. The molecule has 0 bridgehead atoms. The van der Waals surface area contributed by atoms with Gasteiger partial charge in [0.05, 0.1) is 7.11 Å². The van der Waals surface area contributed by atoms with Gasteiger partial charge in [0, 0.05) is 18.1 Å². The zero-order valence-corrected chi connectivity index (χ0v) is 14.6.